The molecule has 14 heteroatoms. The number of benzene rings is 2. The van der Waals surface area contributed by atoms with Crippen LogP contribution < -0.4 is 15.5 Å². The molecule has 0 unspecified atom stereocenters. The Balaban J connectivity index is 1.50. The number of carboxylic acid groups (broad SMARTS) is 1. The molecule has 0 aliphatic rings. The first-order valence-corrected chi connectivity index (χ1v) is 10.6. The van der Waals surface area contributed by atoms with Gasteiger partial charge >= 0.3 is 18.3 Å². The highest BCUT2D eigenvalue weighted by Gasteiger charge is 2.33. The molecule has 2 aromatic carbocycles. The summed E-state index contributed by atoms with van der Waals surface area (Å²) in [4.78, 5) is 47.6. The summed E-state index contributed by atoms with van der Waals surface area (Å²) in [6.07, 6.45) is -3.26. The number of carbonyl (C=O) groups excluding carboxylic acids is 2. The van der Waals surface area contributed by atoms with Crippen molar-refractivity contribution in [2.45, 2.75) is 12.6 Å². The molecule has 0 aliphatic carbocycles. The van der Waals surface area contributed by atoms with Crippen LogP contribution in [-0.4, -0.2) is 50.1 Å². The van der Waals surface area contributed by atoms with Crippen LogP contribution in [0, 0.1) is 0 Å². The van der Waals surface area contributed by atoms with Crippen LogP contribution in [0.25, 0.3) is 16.9 Å². The lowest BCUT2D eigenvalue weighted by molar-refractivity contribution is -0.138. The van der Waals surface area contributed by atoms with E-state index in [2.05, 4.69) is 25.6 Å². The second-order valence-electron chi connectivity index (χ2n) is 7.69. The van der Waals surface area contributed by atoms with Crippen LogP contribution in [-0.2, 0) is 17.4 Å². The van der Waals surface area contributed by atoms with Crippen LogP contribution in [0.5, 0.6) is 0 Å². The number of fused-ring (bicyclic) bond motifs is 1. The van der Waals surface area contributed by atoms with E-state index in [1.165, 1.54) is 25.8 Å². The van der Waals surface area contributed by atoms with Gasteiger partial charge in [-0.3, -0.25) is 9.47 Å². The SMILES string of the molecule is CN(C(=O)O)c1ncnc2c1ncn2-c1ccc(NC(=O)Nc2ccc(CC=O)c(C(F)(F)F)c2)cc1. The Morgan fingerprint density at radius 2 is 1.73 bits per heavy atom. The van der Waals surface area contributed by atoms with Gasteiger partial charge in [0.1, 0.15) is 18.9 Å². The van der Waals surface area contributed by atoms with Gasteiger partial charge in [-0.15, -0.1) is 0 Å². The number of carbonyl (C=O) groups is 3. The first-order chi connectivity index (χ1) is 17.6. The summed E-state index contributed by atoms with van der Waals surface area (Å²) in [6.45, 7) is 0. The molecule has 0 bridgehead atoms. The molecule has 3 N–H and O–H groups in total. The Labute approximate surface area is 206 Å². The molecule has 37 heavy (non-hydrogen) atoms. The maximum absolute atomic E-state index is 13.3. The zero-order valence-electron chi connectivity index (χ0n) is 19.0. The van der Waals surface area contributed by atoms with E-state index in [1.807, 2.05) is 0 Å². The molecular weight excluding hydrogens is 495 g/mol. The summed E-state index contributed by atoms with van der Waals surface area (Å²) in [5.41, 5.74) is 0.278. The zero-order chi connectivity index (χ0) is 26.7. The van der Waals surface area contributed by atoms with Gasteiger partial charge in [0.15, 0.2) is 17.0 Å². The van der Waals surface area contributed by atoms with Crippen molar-refractivity contribution in [3.63, 3.8) is 0 Å². The van der Waals surface area contributed by atoms with E-state index in [4.69, 9.17) is 0 Å². The molecule has 4 rings (SSSR count). The van der Waals surface area contributed by atoms with Gasteiger partial charge in [0.05, 0.1) is 5.56 Å². The lowest BCUT2D eigenvalue weighted by Gasteiger charge is -2.14. The van der Waals surface area contributed by atoms with E-state index in [9.17, 15) is 32.7 Å². The summed E-state index contributed by atoms with van der Waals surface area (Å²) in [7, 11) is 1.33. The number of nitrogens with zero attached hydrogens (tertiary/aromatic N) is 5. The summed E-state index contributed by atoms with van der Waals surface area (Å²) in [5, 5.41) is 14.1. The third kappa shape index (κ3) is 5.32. The molecule has 2 heterocycles. The normalized spacial score (nSPS) is 11.2. The molecule has 0 spiro atoms. The fourth-order valence-electron chi connectivity index (χ4n) is 3.53. The molecule has 0 saturated carbocycles. The number of urea groups is 1. The molecule has 4 aromatic rings. The largest absolute Gasteiger partial charge is 0.465 e. The average molecular weight is 513 g/mol. The number of hydrogen-bond donors (Lipinski definition) is 3. The Bertz CT molecular complexity index is 1490. The topological polar surface area (TPSA) is 142 Å². The fourth-order valence-corrected chi connectivity index (χ4v) is 3.53. The molecule has 0 atom stereocenters. The van der Waals surface area contributed by atoms with Crippen LogP contribution in [0.4, 0.5) is 40.0 Å². The number of hydrogen-bond acceptors (Lipinski definition) is 6. The molecule has 0 saturated heterocycles. The van der Waals surface area contributed by atoms with Gasteiger partial charge in [0.25, 0.3) is 0 Å². The highest BCUT2D eigenvalue weighted by molar-refractivity contribution is 6.00. The minimum Gasteiger partial charge on any atom is -0.465 e. The van der Waals surface area contributed by atoms with E-state index in [-0.39, 0.29) is 22.6 Å². The highest BCUT2D eigenvalue weighted by Crippen LogP contribution is 2.34. The number of aromatic nitrogens is 4. The average Bonchev–Trinajstić information content (AvgIpc) is 3.29. The lowest BCUT2D eigenvalue weighted by atomic mass is 10.0. The van der Waals surface area contributed by atoms with E-state index in [0.29, 0.717) is 23.3 Å². The lowest BCUT2D eigenvalue weighted by Crippen LogP contribution is -2.25. The molecule has 190 valence electrons. The Hall–Kier alpha value is -5.01. The van der Waals surface area contributed by atoms with Gasteiger partial charge in [0, 0.05) is 30.5 Å². The minimum atomic E-state index is -4.69. The predicted molar refractivity (Wildman–Crippen MR) is 127 cm³/mol. The van der Waals surface area contributed by atoms with E-state index in [0.717, 1.165) is 17.0 Å². The van der Waals surface area contributed by atoms with Gasteiger partial charge in [-0.1, -0.05) is 6.07 Å². The van der Waals surface area contributed by atoms with Crippen molar-refractivity contribution in [2.24, 2.45) is 0 Å². The Morgan fingerprint density at radius 3 is 2.38 bits per heavy atom. The number of rotatable bonds is 6. The smallest absolute Gasteiger partial charge is 0.416 e. The summed E-state index contributed by atoms with van der Waals surface area (Å²) in [5.74, 6) is 0.110. The number of halogens is 3. The number of anilines is 3. The van der Waals surface area contributed by atoms with Crippen molar-refractivity contribution in [1.29, 1.82) is 0 Å². The van der Waals surface area contributed by atoms with Gasteiger partial charge in [-0.2, -0.15) is 13.2 Å². The van der Waals surface area contributed by atoms with Crippen LogP contribution in [0.1, 0.15) is 11.1 Å². The first-order valence-electron chi connectivity index (χ1n) is 10.6. The van der Waals surface area contributed by atoms with Gasteiger partial charge in [-0.25, -0.2) is 24.5 Å². The van der Waals surface area contributed by atoms with Gasteiger partial charge in [-0.05, 0) is 42.0 Å². The molecule has 2 aromatic heterocycles. The third-order valence-corrected chi connectivity index (χ3v) is 5.30. The van der Waals surface area contributed by atoms with Crippen molar-refractivity contribution in [1.82, 2.24) is 19.5 Å². The number of nitrogens with one attached hydrogen (secondary N) is 2. The van der Waals surface area contributed by atoms with Crippen LogP contribution in [0.3, 0.4) is 0 Å². The predicted octanol–water partition coefficient (Wildman–Crippen LogP) is 4.33. The summed E-state index contributed by atoms with van der Waals surface area (Å²) in [6, 6.07) is 8.79. The number of amides is 3. The maximum atomic E-state index is 13.3. The van der Waals surface area contributed by atoms with Crippen LogP contribution in [0.2, 0.25) is 0 Å². The first kappa shape index (κ1) is 25.1. The highest BCUT2D eigenvalue weighted by atomic mass is 19.4. The van der Waals surface area contributed by atoms with Crippen molar-refractivity contribution in [3.05, 3.63) is 66.2 Å². The van der Waals surface area contributed by atoms with E-state index < -0.39 is 30.3 Å². The summed E-state index contributed by atoms with van der Waals surface area (Å²) >= 11 is 0. The second-order valence-corrected chi connectivity index (χ2v) is 7.69. The monoisotopic (exact) mass is 513 g/mol. The summed E-state index contributed by atoms with van der Waals surface area (Å²) < 4.78 is 41.5. The zero-order valence-corrected chi connectivity index (χ0v) is 19.0. The maximum Gasteiger partial charge on any atom is 0.416 e. The third-order valence-electron chi connectivity index (χ3n) is 5.30. The van der Waals surface area contributed by atoms with Gasteiger partial charge in [0.2, 0.25) is 0 Å². The molecular formula is C23H18F3N7O4. The molecule has 3 amide bonds. The quantitative estimate of drug-likeness (QED) is 0.326. The molecule has 0 radical (unpaired) electrons. The molecule has 0 fully saturated rings. The molecule has 0 aliphatic heterocycles. The van der Waals surface area contributed by atoms with Crippen molar-refractivity contribution < 1.29 is 32.7 Å². The van der Waals surface area contributed by atoms with Gasteiger partial charge < -0.3 is 20.5 Å². The minimum absolute atomic E-state index is 0.0946. The second kappa shape index (κ2) is 9.93. The van der Waals surface area contributed by atoms with Crippen LogP contribution >= 0.6 is 0 Å². The number of aldehydes is 1. The van der Waals surface area contributed by atoms with E-state index >= 15 is 0 Å². The standard InChI is InChI=1S/C23H18F3N7O4/c1-32(22(36)37)19-18-20(28-11-27-19)33(12-29-18)16-6-4-14(5-7-16)30-21(35)31-15-3-2-13(8-9-34)17(10-15)23(24,25)26/h2-7,9-12H,8H2,1H3,(H,36,37)(H2,30,31,35). The van der Waals surface area contributed by atoms with E-state index in [1.54, 1.807) is 28.8 Å². The van der Waals surface area contributed by atoms with Crippen LogP contribution in [0.15, 0.2) is 55.1 Å². The van der Waals surface area contributed by atoms with Crippen molar-refractivity contribution in [2.75, 3.05) is 22.6 Å². The number of imidazole rings is 1. The Kier molecular flexibility index (Phi) is 6.73. The van der Waals surface area contributed by atoms with Crippen molar-refractivity contribution in [3.8, 4) is 5.69 Å². The van der Waals surface area contributed by atoms with Crippen molar-refractivity contribution >= 4 is 46.8 Å². The number of alkyl halides is 3. The molecule has 11 nitrogen and oxygen atoms in total. The Morgan fingerprint density at radius 1 is 1.05 bits per heavy atom. The fraction of sp³-hybridized carbons (Fsp3) is 0.130.